The molecule has 0 spiro atoms. The lowest BCUT2D eigenvalue weighted by atomic mass is 10.1. The maximum Gasteiger partial charge on any atom is 0.191 e. The van der Waals surface area contributed by atoms with Gasteiger partial charge >= 0.3 is 0 Å². The van der Waals surface area contributed by atoms with E-state index < -0.39 is 10.8 Å². The van der Waals surface area contributed by atoms with Crippen molar-refractivity contribution in [3.8, 4) is 0 Å². The Labute approximate surface area is 185 Å². The van der Waals surface area contributed by atoms with Gasteiger partial charge in [-0.1, -0.05) is 36.4 Å². The van der Waals surface area contributed by atoms with Crippen LogP contribution >= 0.6 is 24.0 Å². The van der Waals surface area contributed by atoms with Gasteiger partial charge in [0.2, 0.25) is 0 Å². The van der Waals surface area contributed by atoms with Gasteiger partial charge in [-0.2, -0.15) is 0 Å². The minimum Gasteiger partial charge on any atom is -0.361 e. The van der Waals surface area contributed by atoms with E-state index in [1.807, 2.05) is 43.3 Å². The first-order chi connectivity index (χ1) is 13.3. The van der Waals surface area contributed by atoms with Crippen LogP contribution in [0.3, 0.4) is 0 Å². The van der Waals surface area contributed by atoms with Gasteiger partial charge in [-0.3, -0.25) is 9.20 Å². The van der Waals surface area contributed by atoms with Gasteiger partial charge in [0.25, 0.3) is 0 Å². The predicted octanol–water partition coefficient (Wildman–Crippen LogP) is 3.69. The van der Waals surface area contributed by atoms with E-state index in [-0.39, 0.29) is 24.0 Å². The van der Waals surface area contributed by atoms with Crippen molar-refractivity contribution in [2.24, 2.45) is 4.99 Å². The van der Waals surface area contributed by atoms with Crippen LogP contribution in [0, 0.1) is 0 Å². The van der Waals surface area contributed by atoms with Gasteiger partial charge in [-0.05, 0) is 37.1 Å². The summed E-state index contributed by atoms with van der Waals surface area (Å²) < 4.78 is 12.3. The molecule has 0 amide bonds. The van der Waals surface area contributed by atoms with Gasteiger partial charge in [-0.25, -0.2) is 0 Å². The lowest BCUT2D eigenvalue weighted by Gasteiger charge is -2.11. The van der Waals surface area contributed by atoms with E-state index in [1.54, 1.807) is 0 Å². The van der Waals surface area contributed by atoms with E-state index in [0.717, 1.165) is 35.9 Å². The number of fused-ring (bicyclic) bond motifs is 1. The highest BCUT2D eigenvalue weighted by Gasteiger charge is 2.05. The number of aromatic amines is 1. The SMILES string of the molecule is CCNC(=NCCS(=O)c1ccccc1)NCCc1c[nH]c2ccccc12.I. The highest BCUT2D eigenvalue weighted by Crippen LogP contribution is 2.17. The predicted molar refractivity (Wildman–Crippen MR) is 129 cm³/mol. The Morgan fingerprint density at radius 3 is 2.61 bits per heavy atom. The van der Waals surface area contributed by atoms with Crippen molar-refractivity contribution in [1.82, 2.24) is 15.6 Å². The van der Waals surface area contributed by atoms with E-state index in [0.29, 0.717) is 12.3 Å². The summed E-state index contributed by atoms with van der Waals surface area (Å²) in [6.45, 7) is 4.14. The molecule has 3 N–H and O–H groups in total. The van der Waals surface area contributed by atoms with Crippen molar-refractivity contribution >= 4 is 51.6 Å². The molecule has 1 aromatic heterocycles. The minimum atomic E-state index is -1.02. The number of H-pyrrole nitrogens is 1. The first-order valence-electron chi connectivity index (χ1n) is 9.28. The maximum atomic E-state index is 12.3. The van der Waals surface area contributed by atoms with Gasteiger partial charge < -0.3 is 15.6 Å². The molecule has 7 heteroatoms. The fourth-order valence-electron chi connectivity index (χ4n) is 2.93. The molecule has 0 aliphatic rings. The average Bonchev–Trinajstić information content (AvgIpc) is 3.12. The Bertz CT molecular complexity index is 911. The molecule has 2 aromatic carbocycles. The molecule has 1 heterocycles. The Hall–Kier alpha value is -1.87. The van der Waals surface area contributed by atoms with Gasteiger partial charge in [0.05, 0.1) is 17.3 Å². The van der Waals surface area contributed by atoms with Crippen LogP contribution in [0.15, 0.2) is 70.7 Å². The Morgan fingerprint density at radius 2 is 1.82 bits per heavy atom. The summed E-state index contributed by atoms with van der Waals surface area (Å²) in [4.78, 5) is 8.71. The number of nitrogens with one attached hydrogen (secondary N) is 3. The second-order valence-electron chi connectivity index (χ2n) is 6.16. The van der Waals surface area contributed by atoms with Crippen LogP contribution in [-0.4, -0.2) is 40.5 Å². The summed E-state index contributed by atoms with van der Waals surface area (Å²) in [6.07, 6.45) is 2.98. The molecular formula is C21H27IN4OS. The molecule has 0 aliphatic heterocycles. The lowest BCUT2D eigenvalue weighted by molar-refractivity contribution is 0.682. The molecule has 28 heavy (non-hydrogen) atoms. The van der Waals surface area contributed by atoms with E-state index in [2.05, 4.69) is 45.0 Å². The van der Waals surface area contributed by atoms with Crippen LogP contribution in [0.4, 0.5) is 0 Å². The molecule has 0 saturated heterocycles. The molecule has 0 fully saturated rings. The van der Waals surface area contributed by atoms with Crippen molar-refractivity contribution in [2.45, 2.75) is 18.2 Å². The second-order valence-corrected chi connectivity index (χ2v) is 7.73. The largest absolute Gasteiger partial charge is 0.361 e. The zero-order valence-corrected chi connectivity index (χ0v) is 19.1. The molecule has 3 aromatic rings. The van der Waals surface area contributed by atoms with Gasteiger partial charge in [0, 0.05) is 40.8 Å². The number of benzene rings is 2. The smallest absolute Gasteiger partial charge is 0.191 e. The first kappa shape index (κ1) is 22.4. The minimum absolute atomic E-state index is 0. The molecule has 0 radical (unpaired) electrons. The highest BCUT2D eigenvalue weighted by molar-refractivity contribution is 14.0. The van der Waals surface area contributed by atoms with Gasteiger partial charge in [0.15, 0.2) is 5.96 Å². The molecule has 5 nitrogen and oxygen atoms in total. The highest BCUT2D eigenvalue weighted by atomic mass is 127. The average molecular weight is 510 g/mol. The molecule has 1 unspecified atom stereocenters. The fraction of sp³-hybridized carbons (Fsp3) is 0.286. The quantitative estimate of drug-likeness (QED) is 0.246. The number of nitrogens with zero attached hydrogens (tertiary/aromatic N) is 1. The third-order valence-electron chi connectivity index (χ3n) is 4.26. The van der Waals surface area contributed by atoms with Crippen molar-refractivity contribution in [3.05, 3.63) is 66.4 Å². The van der Waals surface area contributed by atoms with Crippen molar-refractivity contribution < 1.29 is 4.21 Å². The normalized spacial score (nSPS) is 12.4. The summed E-state index contributed by atoms with van der Waals surface area (Å²) in [5, 5.41) is 7.87. The summed E-state index contributed by atoms with van der Waals surface area (Å²) in [5.41, 5.74) is 2.45. The van der Waals surface area contributed by atoms with Crippen molar-refractivity contribution in [1.29, 1.82) is 0 Å². The van der Waals surface area contributed by atoms with E-state index in [4.69, 9.17) is 0 Å². The third kappa shape index (κ3) is 6.34. The maximum absolute atomic E-state index is 12.3. The summed E-state index contributed by atoms with van der Waals surface area (Å²) in [5.74, 6) is 1.28. The Balaban J connectivity index is 0.00000280. The van der Waals surface area contributed by atoms with Gasteiger partial charge in [0.1, 0.15) is 0 Å². The number of halogens is 1. The summed E-state index contributed by atoms with van der Waals surface area (Å²) >= 11 is 0. The van der Waals surface area contributed by atoms with E-state index >= 15 is 0 Å². The molecule has 3 rings (SSSR count). The topological polar surface area (TPSA) is 69.3 Å². The second kappa shape index (κ2) is 11.9. The molecule has 0 bridgehead atoms. The van der Waals surface area contributed by atoms with E-state index in [9.17, 15) is 4.21 Å². The Morgan fingerprint density at radius 1 is 1.07 bits per heavy atom. The number of hydrogen-bond donors (Lipinski definition) is 3. The van der Waals surface area contributed by atoms with E-state index in [1.165, 1.54) is 10.9 Å². The van der Waals surface area contributed by atoms with Crippen LogP contribution in [-0.2, 0) is 17.2 Å². The van der Waals surface area contributed by atoms with Crippen LogP contribution in [0.1, 0.15) is 12.5 Å². The number of rotatable bonds is 8. The van der Waals surface area contributed by atoms with Gasteiger partial charge in [-0.15, -0.1) is 24.0 Å². The molecular weight excluding hydrogens is 483 g/mol. The van der Waals surface area contributed by atoms with Crippen LogP contribution < -0.4 is 10.6 Å². The van der Waals surface area contributed by atoms with Crippen LogP contribution in [0.2, 0.25) is 0 Å². The first-order valence-corrected chi connectivity index (χ1v) is 10.6. The molecule has 1 atom stereocenters. The molecule has 0 saturated carbocycles. The number of guanidine groups is 1. The number of aromatic nitrogens is 1. The summed E-state index contributed by atoms with van der Waals surface area (Å²) in [6, 6.07) is 17.9. The Kier molecular flexibility index (Phi) is 9.49. The molecule has 150 valence electrons. The fourth-order valence-corrected chi connectivity index (χ4v) is 3.88. The lowest BCUT2D eigenvalue weighted by Crippen LogP contribution is -2.38. The third-order valence-corrected chi connectivity index (χ3v) is 5.61. The van der Waals surface area contributed by atoms with Crippen molar-refractivity contribution in [3.63, 3.8) is 0 Å². The number of aliphatic imine (C=N–C) groups is 1. The zero-order chi connectivity index (χ0) is 18.9. The summed E-state index contributed by atoms with van der Waals surface area (Å²) in [7, 11) is -1.02. The van der Waals surface area contributed by atoms with Crippen LogP contribution in [0.5, 0.6) is 0 Å². The standard InChI is InChI=1S/C21H26N4OS.HI/c1-2-22-21(24-14-15-27(26)18-8-4-3-5-9-18)23-13-12-17-16-25-20-11-7-6-10-19(17)20;/h3-11,16,25H,2,12-15H2,1H3,(H2,22,23,24);1H. The monoisotopic (exact) mass is 510 g/mol. The van der Waals surface area contributed by atoms with Crippen molar-refractivity contribution in [2.75, 3.05) is 25.4 Å². The van der Waals surface area contributed by atoms with Crippen LogP contribution in [0.25, 0.3) is 10.9 Å². The number of hydrogen-bond acceptors (Lipinski definition) is 2. The zero-order valence-electron chi connectivity index (χ0n) is 16.0. The molecule has 0 aliphatic carbocycles. The number of para-hydroxylation sites is 1.